The zero-order valence-corrected chi connectivity index (χ0v) is 22.1. The van der Waals surface area contributed by atoms with E-state index in [1.807, 2.05) is 65.7 Å². The number of rotatable bonds is 5. The Morgan fingerprint density at radius 2 is 1.90 bits per heavy atom. The zero-order chi connectivity index (χ0) is 27.8. The third kappa shape index (κ3) is 4.55. The minimum absolute atomic E-state index is 0.0125. The molecular formula is C32H26N8O. The summed E-state index contributed by atoms with van der Waals surface area (Å²) in [5, 5.41) is 15.4. The molecule has 6 aromatic rings. The normalized spacial score (nSPS) is 15.2. The highest BCUT2D eigenvalue weighted by Crippen LogP contribution is 2.36. The Bertz CT molecular complexity index is 1920. The number of likely N-dealkylation sites (tertiary alicyclic amines) is 1. The summed E-state index contributed by atoms with van der Waals surface area (Å²) in [6, 6.07) is 19.9. The number of imidazole rings is 1. The van der Waals surface area contributed by atoms with Crippen molar-refractivity contribution < 1.29 is 4.79 Å². The van der Waals surface area contributed by atoms with Gasteiger partial charge in [-0.15, -0.1) is 0 Å². The number of benzene rings is 2. The van der Waals surface area contributed by atoms with Crippen LogP contribution in [0.3, 0.4) is 0 Å². The Labute approximate surface area is 235 Å². The molecule has 9 heteroatoms. The largest absolute Gasteiger partial charge is 0.366 e. The summed E-state index contributed by atoms with van der Waals surface area (Å²) in [6.07, 6.45) is 10.6. The molecule has 9 nitrogen and oxygen atoms in total. The number of nitriles is 1. The fourth-order valence-corrected chi connectivity index (χ4v) is 5.69. The van der Waals surface area contributed by atoms with Gasteiger partial charge in [0.15, 0.2) is 0 Å². The predicted molar refractivity (Wildman–Crippen MR) is 158 cm³/mol. The van der Waals surface area contributed by atoms with Crippen LogP contribution in [0.1, 0.15) is 28.8 Å². The quantitative estimate of drug-likeness (QED) is 0.256. The molecule has 3 N–H and O–H groups in total. The van der Waals surface area contributed by atoms with Crippen molar-refractivity contribution in [2.45, 2.75) is 18.9 Å². The molecule has 0 saturated carbocycles. The summed E-state index contributed by atoms with van der Waals surface area (Å²) >= 11 is 0. The highest BCUT2D eigenvalue weighted by molar-refractivity contribution is 6.06. The van der Waals surface area contributed by atoms with Crippen molar-refractivity contribution >= 4 is 33.5 Å². The van der Waals surface area contributed by atoms with Gasteiger partial charge < -0.3 is 20.2 Å². The standard InChI is InChI=1S/C32H26N8O/c33-15-22-16-36-28-18-38-29(14-25(28)30(22)26-17-37-27-6-2-1-5-24(26)27)39-23-4-3-13-40(19-23)32(41)21-9-7-20(8-10-21)31-34-11-12-35-31/h1-2,5-12,14,16-18,23,37H,3-4,13,19H2,(H,34,35)(H,38,39). The molecule has 5 heterocycles. The van der Waals surface area contributed by atoms with Gasteiger partial charge in [0, 0.05) is 82.5 Å². The molecule has 0 bridgehead atoms. The Morgan fingerprint density at radius 1 is 1.02 bits per heavy atom. The van der Waals surface area contributed by atoms with Crippen molar-refractivity contribution in [1.29, 1.82) is 5.26 Å². The van der Waals surface area contributed by atoms with Gasteiger partial charge in [0.2, 0.25) is 0 Å². The Balaban J connectivity index is 1.14. The van der Waals surface area contributed by atoms with Crippen LogP contribution in [0.25, 0.3) is 44.3 Å². The number of anilines is 1. The molecular weight excluding hydrogens is 512 g/mol. The van der Waals surface area contributed by atoms with Crippen molar-refractivity contribution in [2.75, 3.05) is 18.4 Å². The highest BCUT2D eigenvalue weighted by Gasteiger charge is 2.25. The maximum Gasteiger partial charge on any atom is 0.253 e. The van der Waals surface area contributed by atoms with Gasteiger partial charge in [-0.1, -0.05) is 30.3 Å². The summed E-state index contributed by atoms with van der Waals surface area (Å²) in [5.41, 5.74) is 5.61. The smallest absolute Gasteiger partial charge is 0.253 e. The Kier molecular flexibility index (Phi) is 6.13. The molecule has 0 spiro atoms. The minimum atomic E-state index is 0.0125. The van der Waals surface area contributed by atoms with E-state index in [4.69, 9.17) is 0 Å². The van der Waals surface area contributed by atoms with Crippen molar-refractivity contribution in [2.24, 2.45) is 0 Å². The fraction of sp³-hybridized carbons (Fsp3) is 0.156. The number of hydrogen-bond donors (Lipinski definition) is 3. The monoisotopic (exact) mass is 538 g/mol. The van der Waals surface area contributed by atoms with E-state index in [0.29, 0.717) is 35.6 Å². The van der Waals surface area contributed by atoms with Crippen LogP contribution in [0.4, 0.5) is 5.82 Å². The second-order valence-electron chi connectivity index (χ2n) is 10.2. The third-order valence-corrected chi connectivity index (χ3v) is 7.70. The van der Waals surface area contributed by atoms with E-state index in [-0.39, 0.29) is 11.9 Å². The lowest BCUT2D eigenvalue weighted by Crippen LogP contribution is -2.45. The lowest BCUT2D eigenvalue weighted by atomic mass is 9.97. The lowest BCUT2D eigenvalue weighted by molar-refractivity contribution is 0.0714. The first kappa shape index (κ1) is 24.5. The van der Waals surface area contributed by atoms with Crippen molar-refractivity contribution in [1.82, 2.24) is 29.8 Å². The number of aromatic amines is 2. The number of fused-ring (bicyclic) bond motifs is 2. The van der Waals surface area contributed by atoms with Crippen LogP contribution in [-0.4, -0.2) is 54.9 Å². The molecule has 1 fully saturated rings. The topological polar surface area (TPSA) is 126 Å². The van der Waals surface area contributed by atoms with Gasteiger partial charge in [0.05, 0.1) is 17.3 Å². The van der Waals surface area contributed by atoms with Crippen LogP contribution >= 0.6 is 0 Å². The number of aromatic nitrogens is 5. The molecule has 200 valence electrons. The predicted octanol–water partition coefficient (Wildman–Crippen LogP) is 5.76. The average molecular weight is 539 g/mol. The number of carbonyl (C=O) groups is 1. The number of amides is 1. The number of hydrogen-bond acceptors (Lipinski definition) is 6. The number of piperidine rings is 1. The molecule has 1 aliphatic heterocycles. The summed E-state index contributed by atoms with van der Waals surface area (Å²) < 4.78 is 0. The number of carbonyl (C=O) groups excluding carboxylic acids is 1. The number of nitrogens with one attached hydrogen (secondary N) is 3. The minimum Gasteiger partial charge on any atom is -0.366 e. The SMILES string of the molecule is N#Cc1cnc2cnc(NC3CCCN(C(=O)c4ccc(-c5ncc[nH]5)cc4)C3)cc2c1-c1c[nH]c2ccccc12. The van der Waals surface area contributed by atoms with Crippen LogP contribution in [0.5, 0.6) is 0 Å². The van der Waals surface area contributed by atoms with Crippen LogP contribution in [0.2, 0.25) is 0 Å². The molecule has 1 aliphatic rings. The Morgan fingerprint density at radius 3 is 2.73 bits per heavy atom. The van der Waals surface area contributed by atoms with Gasteiger partial charge in [0.1, 0.15) is 17.7 Å². The summed E-state index contributed by atoms with van der Waals surface area (Å²) in [6.45, 7) is 1.28. The van der Waals surface area contributed by atoms with Crippen LogP contribution < -0.4 is 5.32 Å². The van der Waals surface area contributed by atoms with Crippen LogP contribution in [0.15, 0.2) is 85.6 Å². The Hall–Kier alpha value is -5.49. The van der Waals surface area contributed by atoms with Crippen molar-refractivity contribution in [3.63, 3.8) is 0 Å². The van der Waals surface area contributed by atoms with Gasteiger partial charge in [-0.25, -0.2) is 9.97 Å². The maximum atomic E-state index is 13.3. The van der Waals surface area contributed by atoms with Gasteiger partial charge in [-0.3, -0.25) is 9.78 Å². The van der Waals surface area contributed by atoms with E-state index in [2.05, 4.69) is 36.3 Å². The van der Waals surface area contributed by atoms with Gasteiger partial charge in [-0.05, 0) is 37.1 Å². The van der Waals surface area contributed by atoms with Crippen molar-refractivity contribution in [3.05, 3.63) is 96.7 Å². The molecule has 1 unspecified atom stereocenters. The van der Waals surface area contributed by atoms with E-state index < -0.39 is 0 Å². The molecule has 4 aromatic heterocycles. The van der Waals surface area contributed by atoms with Gasteiger partial charge in [-0.2, -0.15) is 5.26 Å². The average Bonchev–Trinajstić information content (AvgIpc) is 3.71. The number of para-hydroxylation sites is 1. The molecule has 1 amide bonds. The zero-order valence-electron chi connectivity index (χ0n) is 22.1. The summed E-state index contributed by atoms with van der Waals surface area (Å²) in [5.74, 6) is 1.48. The van der Waals surface area contributed by atoms with E-state index >= 15 is 0 Å². The van der Waals surface area contributed by atoms with E-state index in [9.17, 15) is 10.1 Å². The van der Waals surface area contributed by atoms with E-state index in [0.717, 1.165) is 51.6 Å². The summed E-state index contributed by atoms with van der Waals surface area (Å²) in [7, 11) is 0. The number of pyridine rings is 2. The molecule has 41 heavy (non-hydrogen) atoms. The van der Waals surface area contributed by atoms with Crippen LogP contribution in [0, 0.1) is 11.3 Å². The molecule has 1 atom stereocenters. The maximum absolute atomic E-state index is 13.3. The molecule has 2 aromatic carbocycles. The number of nitrogens with zero attached hydrogens (tertiary/aromatic N) is 5. The summed E-state index contributed by atoms with van der Waals surface area (Å²) in [4.78, 5) is 35.1. The third-order valence-electron chi connectivity index (χ3n) is 7.70. The first-order valence-electron chi connectivity index (χ1n) is 13.6. The first-order valence-corrected chi connectivity index (χ1v) is 13.6. The molecule has 0 radical (unpaired) electrons. The first-order chi connectivity index (χ1) is 20.2. The fourth-order valence-electron chi connectivity index (χ4n) is 5.69. The van der Waals surface area contributed by atoms with Crippen molar-refractivity contribution in [3.8, 4) is 28.6 Å². The van der Waals surface area contributed by atoms with E-state index in [1.165, 1.54) is 0 Å². The lowest BCUT2D eigenvalue weighted by Gasteiger charge is -2.33. The molecule has 0 aliphatic carbocycles. The number of H-pyrrole nitrogens is 2. The van der Waals surface area contributed by atoms with E-state index in [1.54, 1.807) is 24.8 Å². The van der Waals surface area contributed by atoms with Crippen LogP contribution in [-0.2, 0) is 0 Å². The highest BCUT2D eigenvalue weighted by atomic mass is 16.2. The second kappa shape index (κ2) is 10.2. The van der Waals surface area contributed by atoms with Gasteiger partial charge in [0.25, 0.3) is 5.91 Å². The van der Waals surface area contributed by atoms with Gasteiger partial charge >= 0.3 is 0 Å². The molecule has 1 saturated heterocycles. The molecule has 7 rings (SSSR count). The second-order valence-corrected chi connectivity index (χ2v) is 10.2.